The summed E-state index contributed by atoms with van der Waals surface area (Å²) in [4.78, 5) is 18.3. The molecule has 0 bridgehead atoms. The number of carbonyl (C=O) groups is 1. The van der Waals surface area contributed by atoms with Crippen molar-refractivity contribution in [3.63, 3.8) is 0 Å². The highest BCUT2D eigenvalue weighted by Gasteiger charge is 2.32. The molecule has 0 fully saturated rings. The van der Waals surface area contributed by atoms with Crippen LogP contribution in [0.15, 0.2) is 24.3 Å². The van der Waals surface area contributed by atoms with E-state index in [2.05, 4.69) is 15.3 Å². The molecule has 0 aliphatic carbocycles. The third-order valence-electron chi connectivity index (χ3n) is 3.38. The van der Waals surface area contributed by atoms with Crippen molar-refractivity contribution in [3.8, 4) is 0 Å². The van der Waals surface area contributed by atoms with E-state index in [1.165, 1.54) is 0 Å². The molecule has 0 aliphatic rings. The van der Waals surface area contributed by atoms with Crippen molar-refractivity contribution in [1.82, 2.24) is 9.97 Å². The molecule has 1 heterocycles. The van der Waals surface area contributed by atoms with E-state index >= 15 is 0 Å². The summed E-state index contributed by atoms with van der Waals surface area (Å²) in [5, 5.41) is 1.84. The standard InChI is InChI=1S/C15H6ClF6N3O/c16-14-24-10-4-6(15(20,21)22)3-9(12(10)25-14)23-13(26)5-1-7(17)11(19)8(18)2-5/h1-4H,(H,23,26)(H,24,25). The van der Waals surface area contributed by atoms with Crippen LogP contribution in [0.25, 0.3) is 11.0 Å². The number of halogens is 7. The van der Waals surface area contributed by atoms with Gasteiger partial charge in [0.15, 0.2) is 17.5 Å². The molecule has 1 aromatic heterocycles. The first kappa shape index (κ1) is 18.1. The van der Waals surface area contributed by atoms with Gasteiger partial charge in [0.25, 0.3) is 5.91 Å². The first-order valence-corrected chi connectivity index (χ1v) is 7.16. The van der Waals surface area contributed by atoms with Crippen molar-refractivity contribution in [2.24, 2.45) is 0 Å². The Balaban J connectivity index is 2.06. The molecule has 2 N–H and O–H groups in total. The minimum absolute atomic E-state index is 0.0978. The number of alkyl halides is 3. The third-order valence-corrected chi connectivity index (χ3v) is 3.56. The molecule has 3 rings (SSSR count). The average molecular weight is 394 g/mol. The second-order valence-electron chi connectivity index (χ2n) is 5.15. The number of hydrogen-bond acceptors (Lipinski definition) is 2. The normalized spacial score (nSPS) is 11.8. The van der Waals surface area contributed by atoms with E-state index in [1.807, 2.05) is 0 Å². The molecule has 4 nitrogen and oxygen atoms in total. The lowest BCUT2D eigenvalue weighted by molar-refractivity contribution is -0.137. The van der Waals surface area contributed by atoms with Crippen LogP contribution in [0.5, 0.6) is 0 Å². The van der Waals surface area contributed by atoms with Crippen molar-refractivity contribution < 1.29 is 31.1 Å². The predicted octanol–water partition coefficient (Wildman–Crippen LogP) is 4.90. The summed E-state index contributed by atoms with van der Waals surface area (Å²) in [7, 11) is 0. The smallest absolute Gasteiger partial charge is 0.328 e. The van der Waals surface area contributed by atoms with E-state index in [4.69, 9.17) is 11.6 Å². The molecule has 26 heavy (non-hydrogen) atoms. The van der Waals surface area contributed by atoms with Crippen molar-refractivity contribution in [2.75, 3.05) is 5.32 Å². The van der Waals surface area contributed by atoms with Gasteiger partial charge in [0.1, 0.15) is 5.52 Å². The lowest BCUT2D eigenvalue weighted by Crippen LogP contribution is -2.15. The first-order chi connectivity index (χ1) is 12.1. The number of aromatic nitrogens is 2. The summed E-state index contributed by atoms with van der Waals surface area (Å²) < 4.78 is 78.4. The highest BCUT2D eigenvalue weighted by molar-refractivity contribution is 6.29. The monoisotopic (exact) mass is 393 g/mol. The van der Waals surface area contributed by atoms with Gasteiger partial charge in [0.05, 0.1) is 16.8 Å². The summed E-state index contributed by atoms with van der Waals surface area (Å²) in [5.74, 6) is -6.18. The van der Waals surface area contributed by atoms with Crippen molar-refractivity contribution in [2.45, 2.75) is 6.18 Å². The van der Waals surface area contributed by atoms with Gasteiger partial charge in [0.2, 0.25) is 5.28 Å². The van der Waals surface area contributed by atoms with Crippen LogP contribution in [-0.4, -0.2) is 15.9 Å². The van der Waals surface area contributed by atoms with Crippen LogP contribution in [0.2, 0.25) is 5.28 Å². The SMILES string of the molecule is O=C(Nc1cc(C(F)(F)F)cc2[nH]c(Cl)nc12)c1cc(F)c(F)c(F)c1. The van der Waals surface area contributed by atoms with Crippen molar-refractivity contribution in [1.29, 1.82) is 0 Å². The minimum atomic E-state index is -4.74. The Morgan fingerprint density at radius 1 is 1.08 bits per heavy atom. The number of carbonyl (C=O) groups excluding carboxylic acids is 1. The summed E-state index contributed by atoms with van der Waals surface area (Å²) in [6.45, 7) is 0. The Morgan fingerprint density at radius 3 is 2.27 bits per heavy atom. The fourth-order valence-electron chi connectivity index (χ4n) is 2.23. The van der Waals surface area contributed by atoms with E-state index in [0.29, 0.717) is 18.2 Å². The van der Waals surface area contributed by atoms with Gasteiger partial charge >= 0.3 is 6.18 Å². The number of anilines is 1. The molecule has 1 amide bonds. The van der Waals surface area contributed by atoms with E-state index in [9.17, 15) is 31.1 Å². The first-order valence-electron chi connectivity index (χ1n) is 6.78. The van der Waals surface area contributed by atoms with Crippen LogP contribution >= 0.6 is 11.6 Å². The molecule has 0 radical (unpaired) electrons. The van der Waals surface area contributed by atoms with Crippen LogP contribution < -0.4 is 5.32 Å². The van der Waals surface area contributed by atoms with E-state index in [-0.39, 0.29) is 16.3 Å². The Kier molecular flexibility index (Phi) is 4.31. The van der Waals surface area contributed by atoms with E-state index in [1.54, 1.807) is 0 Å². The lowest BCUT2D eigenvalue weighted by Gasteiger charge is -2.11. The fourth-order valence-corrected chi connectivity index (χ4v) is 2.41. The number of amides is 1. The zero-order chi connectivity index (χ0) is 19.2. The summed E-state index contributed by atoms with van der Waals surface area (Å²) in [6, 6.07) is 2.15. The number of fused-ring (bicyclic) bond motifs is 1. The maximum Gasteiger partial charge on any atom is 0.416 e. The second kappa shape index (κ2) is 6.20. The number of imidazole rings is 1. The zero-order valence-corrected chi connectivity index (χ0v) is 13.1. The Bertz CT molecular complexity index is 1010. The maximum absolute atomic E-state index is 13.2. The highest BCUT2D eigenvalue weighted by Crippen LogP contribution is 2.35. The van der Waals surface area contributed by atoms with Gasteiger partial charge in [-0.05, 0) is 35.9 Å². The second-order valence-corrected chi connectivity index (χ2v) is 5.51. The molecule has 0 atom stereocenters. The maximum atomic E-state index is 13.2. The number of H-pyrrole nitrogens is 1. The van der Waals surface area contributed by atoms with E-state index in [0.717, 1.165) is 6.07 Å². The summed E-state index contributed by atoms with van der Waals surface area (Å²) >= 11 is 5.63. The molecule has 0 unspecified atom stereocenters. The van der Waals surface area contributed by atoms with Gasteiger partial charge in [-0.1, -0.05) is 0 Å². The molecule has 11 heteroatoms. The van der Waals surface area contributed by atoms with Crippen LogP contribution in [0.4, 0.5) is 32.0 Å². The number of nitrogens with zero attached hydrogens (tertiary/aromatic N) is 1. The molecular weight excluding hydrogens is 388 g/mol. The number of nitrogens with one attached hydrogen (secondary N) is 2. The van der Waals surface area contributed by atoms with Crippen LogP contribution in [0.1, 0.15) is 15.9 Å². The number of rotatable bonds is 2. The molecular formula is C15H6ClF6N3O. The Hall–Kier alpha value is -2.75. The Labute approximate surface area is 145 Å². The van der Waals surface area contributed by atoms with Gasteiger partial charge in [0, 0.05) is 5.56 Å². The van der Waals surface area contributed by atoms with Crippen LogP contribution in [0.3, 0.4) is 0 Å². The topological polar surface area (TPSA) is 57.8 Å². The summed E-state index contributed by atoms with van der Waals surface area (Å²) in [5.41, 5.74) is -2.35. The largest absolute Gasteiger partial charge is 0.416 e. The molecule has 0 saturated heterocycles. The van der Waals surface area contributed by atoms with Gasteiger partial charge < -0.3 is 10.3 Å². The lowest BCUT2D eigenvalue weighted by atomic mass is 10.1. The minimum Gasteiger partial charge on any atom is -0.328 e. The molecule has 0 saturated carbocycles. The molecule has 0 spiro atoms. The number of hydrogen-bond donors (Lipinski definition) is 2. The Morgan fingerprint density at radius 2 is 1.69 bits per heavy atom. The van der Waals surface area contributed by atoms with E-state index < -0.39 is 46.3 Å². The zero-order valence-electron chi connectivity index (χ0n) is 12.3. The van der Waals surface area contributed by atoms with Crippen LogP contribution in [-0.2, 0) is 6.18 Å². The van der Waals surface area contributed by atoms with Crippen LogP contribution in [0, 0.1) is 17.5 Å². The molecule has 136 valence electrons. The summed E-state index contributed by atoms with van der Waals surface area (Å²) in [6.07, 6.45) is -4.74. The third kappa shape index (κ3) is 3.32. The average Bonchev–Trinajstić information content (AvgIpc) is 2.91. The number of aromatic amines is 1. The quantitative estimate of drug-likeness (QED) is 0.480. The molecule has 2 aromatic carbocycles. The fraction of sp³-hybridized carbons (Fsp3) is 0.0667. The van der Waals surface area contributed by atoms with Gasteiger partial charge in [-0.3, -0.25) is 4.79 Å². The van der Waals surface area contributed by atoms with Gasteiger partial charge in [-0.2, -0.15) is 13.2 Å². The predicted molar refractivity (Wildman–Crippen MR) is 80.4 cm³/mol. The van der Waals surface area contributed by atoms with Crippen molar-refractivity contribution >= 4 is 34.2 Å². The van der Waals surface area contributed by atoms with Gasteiger partial charge in [-0.15, -0.1) is 0 Å². The van der Waals surface area contributed by atoms with Crippen molar-refractivity contribution in [3.05, 3.63) is 58.1 Å². The number of benzene rings is 2. The molecule has 0 aliphatic heterocycles. The highest BCUT2D eigenvalue weighted by atomic mass is 35.5. The van der Waals surface area contributed by atoms with Gasteiger partial charge in [-0.25, -0.2) is 18.2 Å². The molecule has 3 aromatic rings.